The van der Waals surface area contributed by atoms with Crippen molar-refractivity contribution >= 4 is 23.5 Å². The van der Waals surface area contributed by atoms with E-state index in [1.165, 1.54) is 22.5 Å². The van der Waals surface area contributed by atoms with Crippen molar-refractivity contribution in [3.8, 4) is 0 Å². The van der Waals surface area contributed by atoms with Crippen LogP contribution in [-0.4, -0.2) is 123 Å². The molecule has 10 atom stereocenters. The van der Waals surface area contributed by atoms with Gasteiger partial charge in [-0.2, -0.15) is 0 Å². The number of aliphatic hydroxyl groups excluding tert-OH is 8. The van der Waals surface area contributed by atoms with Crippen LogP contribution in [-0.2, 0) is 32.8 Å². The molecule has 2 aliphatic rings. The molecule has 2 aliphatic heterocycles. The predicted octanol–water partition coefficient (Wildman–Crippen LogP) is 3.40. The normalized spacial score (nSPS) is 29.1. The molecule has 2 saturated heterocycles. The van der Waals surface area contributed by atoms with E-state index in [1.54, 1.807) is 29.6 Å². The van der Waals surface area contributed by atoms with Crippen molar-refractivity contribution in [3.63, 3.8) is 0 Å². The SMILES string of the molecule is CO[C@@]1(c2ccc(C)c(Cc3ccc(SC)cc3)c2)O[C@H](CO)[C@@H](O)[C@H](O)[C@H]1O.CSc1ccc(Cc2cc([C@@H]3O[C@H](CO)[C@@H](O)[C@H](O)[C@H]3O)ccc2C)cc1. The van der Waals surface area contributed by atoms with E-state index < -0.39 is 73.9 Å². The molecule has 0 amide bonds. The van der Waals surface area contributed by atoms with E-state index in [9.17, 15) is 40.9 Å². The fourth-order valence-corrected chi connectivity index (χ4v) is 7.92. The molecule has 11 nitrogen and oxygen atoms in total. The number of aryl methyl sites for hydroxylation is 2. The quantitative estimate of drug-likeness (QED) is 0.103. The number of rotatable bonds is 11. The Morgan fingerprint density at radius 3 is 1.61 bits per heavy atom. The third-order valence-corrected chi connectivity index (χ3v) is 12.2. The molecule has 8 N–H and O–H groups in total. The second-order valence-corrected chi connectivity index (χ2v) is 16.0. The molecule has 0 spiro atoms. The fraction of sp³-hybridized carbons (Fsp3) is 0.442. The lowest BCUT2D eigenvalue weighted by Gasteiger charge is -2.47. The van der Waals surface area contributed by atoms with E-state index in [2.05, 4.69) is 48.5 Å². The molecule has 13 heteroatoms. The summed E-state index contributed by atoms with van der Waals surface area (Å²) in [7, 11) is 1.36. The lowest BCUT2D eigenvalue weighted by Crippen LogP contribution is -2.64. The molecule has 304 valence electrons. The highest BCUT2D eigenvalue weighted by molar-refractivity contribution is 7.98. The summed E-state index contributed by atoms with van der Waals surface area (Å²) in [5, 5.41) is 80.4. The maximum Gasteiger partial charge on any atom is 0.224 e. The van der Waals surface area contributed by atoms with Crippen LogP contribution >= 0.6 is 23.5 Å². The third-order valence-electron chi connectivity index (χ3n) is 10.7. The molecule has 4 aromatic rings. The van der Waals surface area contributed by atoms with Gasteiger partial charge in [-0.1, -0.05) is 54.6 Å². The van der Waals surface area contributed by atoms with Gasteiger partial charge in [-0.05, 0) is 108 Å². The van der Waals surface area contributed by atoms with E-state index in [1.807, 2.05) is 56.7 Å². The Morgan fingerprint density at radius 1 is 0.607 bits per heavy atom. The molecule has 56 heavy (non-hydrogen) atoms. The predicted molar refractivity (Wildman–Crippen MR) is 216 cm³/mol. The van der Waals surface area contributed by atoms with Gasteiger partial charge in [-0.25, -0.2) is 0 Å². The number of hydrogen-bond acceptors (Lipinski definition) is 13. The molecule has 0 aromatic heterocycles. The van der Waals surface area contributed by atoms with Crippen molar-refractivity contribution in [2.24, 2.45) is 0 Å². The first-order valence-corrected chi connectivity index (χ1v) is 20.9. The van der Waals surface area contributed by atoms with Crippen LogP contribution in [0.3, 0.4) is 0 Å². The average molecular weight is 811 g/mol. The molecular formula is C43H54O11S2. The first kappa shape index (κ1) is 44.2. The van der Waals surface area contributed by atoms with Crippen molar-refractivity contribution in [2.75, 3.05) is 32.8 Å². The summed E-state index contributed by atoms with van der Waals surface area (Å²) in [6.45, 7) is 3.09. The summed E-state index contributed by atoms with van der Waals surface area (Å²) in [5.74, 6) is -1.70. The maximum absolute atomic E-state index is 10.7. The Morgan fingerprint density at radius 2 is 1.11 bits per heavy atom. The molecule has 2 fully saturated rings. The Balaban J connectivity index is 0.000000215. The minimum atomic E-state index is -1.70. The zero-order valence-corrected chi connectivity index (χ0v) is 33.9. The van der Waals surface area contributed by atoms with E-state index in [-0.39, 0.29) is 0 Å². The van der Waals surface area contributed by atoms with Crippen LogP contribution in [0.5, 0.6) is 0 Å². The summed E-state index contributed by atoms with van der Waals surface area (Å²) in [6.07, 6.45) is -5.75. The van der Waals surface area contributed by atoms with Gasteiger partial charge in [0.05, 0.1) is 13.2 Å². The summed E-state index contributed by atoms with van der Waals surface area (Å²) >= 11 is 3.39. The first-order valence-electron chi connectivity index (χ1n) is 18.4. The highest BCUT2D eigenvalue weighted by Gasteiger charge is 2.55. The lowest BCUT2D eigenvalue weighted by molar-refractivity contribution is -0.366. The summed E-state index contributed by atoms with van der Waals surface area (Å²) in [6, 6.07) is 28.0. The van der Waals surface area contributed by atoms with E-state index >= 15 is 0 Å². The largest absolute Gasteiger partial charge is 0.394 e. The van der Waals surface area contributed by atoms with Gasteiger partial charge < -0.3 is 55.1 Å². The minimum absolute atomic E-state index is 0.429. The van der Waals surface area contributed by atoms with Gasteiger partial charge in [0, 0.05) is 22.5 Å². The number of benzene rings is 4. The average Bonchev–Trinajstić information content (AvgIpc) is 3.22. The van der Waals surface area contributed by atoms with Gasteiger partial charge in [0.15, 0.2) is 0 Å². The molecule has 0 bridgehead atoms. The number of aliphatic hydroxyl groups is 8. The van der Waals surface area contributed by atoms with Gasteiger partial charge in [0.2, 0.25) is 5.79 Å². The van der Waals surface area contributed by atoms with Crippen molar-refractivity contribution < 1.29 is 55.1 Å². The van der Waals surface area contributed by atoms with Gasteiger partial charge >= 0.3 is 0 Å². The molecule has 6 rings (SSSR count). The van der Waals surface area contributed by atoms with E-state index in [0.717, 1.165) is 34.2 Å². The molecule has 4 aromatic carbocycles. The van der Waals surface area contributed by atoms with Crippen molar-refractivity contribution in [1.29, 1.82) is 0 Å². The first-order chi connectivity index (χ1) is 26.8. The number of ether oxygens (including phenoxy) is 3. The highest BCUT2D eigenvalue weighted by atomic mass is 32.2. The lowest BCUT2D eigenvalue weighted by atomic mass is 9.86. The summed E-state index contributed by atoms with van der Waals surface area (Å²) in [5.41, 5.74) is 7.86. The van der Waals surface area contributed by atoms with E-state index in [4.69, 9.17) is 14.2 Å². The topological polar surface area (TPSA) is 190 Å². The number of methoxy groups -OCH3 is 1. The van der Waals surface area contributed by atoms with Gasteiger partial charge in [0.25, 0.3) is 0 Å². The zero-order valence-electron chi connectivity index (χ0n) is 32.2. The van der Waals surface area contributed by atoms with Crippen LogP contribution in [0.15, 0.2) is 94.7 Å². The third kappa shape index (κ3) is 9.70. The van der Waals surface area contributed by atoms with Crippen LogP contribution in [0, 0.1) is 13.8 Å². The van der Waals surface area contributed by atoms with Crippen LogP contribution < -0.4 is 0 Å². The monoisotopic (exact) mass is 810 g/mol. The molecule has 0 saturated carbocycles. The van der Waals surface area contributed by atoms with E-state index in [0.29, 0.717) is 17.5 Å². The molecule has 2 heterocycles. The second kappa shape index (κ2) is 19.7. The molecule has 0 unspecified atom stereocenters. The van der Waals surface area contributed by atoms with Crippen molar-refractivity contribution in [3.05, 3.63) is 129 Å². The molecule has 0 aliphatic carbocycles. The Kier molecular flexibility index (Phi) is 15.6. The van der Waals surface area contributed by atoms with Gasteiger partial charge in [-0.15, -0.1) is 23.5 Å². The van der Waals surface area contributed by atoms with Crippen molar-refractivity contribution in [2.45, 2.75) is 97.2 Å². The summed E-state index contributed by atoms with van der Waals surface area (Å²) < 4.78 is 17.0. The highest BCUT2D eigenvalue weighted by Crippen LogP contribution is 2.40. The smallest absolute Gasteiger partial charge is 0.224 e. The Labute approximate surface area is 336 Å². The zero-order chi connectivity index (χ0) is 40.7. The maximum atomic E-state index is 10.7. The van der Waals surface area contributed by atoms with Crippen LogP contribution in [0.4, 0.5) is 0 Å². The fourth-order valence-electron chi connectivity index (χ4n) is 7.11. The Bertz CT molecular complexity index is 1860. The van der Waals surface area contributed by atoms with Crippen LogP contribution in [0.25, 0.3) is 0 Å². The molecular weight excluding hydrogens is 757 g/mol. The number of hydrogen-bond donors (Lipinski definition) is 8. The standard InChI is InChI=1S/C22H28O6S.C21H26O5S/c1-13-4-7-16(11-15(13)10-14-5-8-17(29-3)9-6-14)22(27-2)21(26)20(25)19(24)18(12-23)28-22;1-12-3-6-14(21-20(25)19(24)18(23)17(11-22)26-21)10-15(12)9-13-4-7-16(27-2)8-5-13/h4-9,11,18-21,23-26H,10,12H2,1-3H3;3-8,10,17-25H,9,11H2,1-2H3/t18-,19-,20+,21-,22+;17-,18-,19+,20-,21+/m11/s1. The second-order valence-electron chi connectivity index (χ2n) is 14.3. The van der Waals surface area contributed by atoms with Crippen LogP contribution in [0.1, 0.15) is 50.6 Å². The van der Waals surface area contributed by atoms with Gasteiger partial charge in [-0.3, -0.25) is 0 Å². The molecule has 0 radical (unpaired) electrons. The minimum Gasteiger partial charge on any atom is -0.394 e. The summed E-state index contributed by atoms with van der Waals surface area (Å²) in [4.78, 5) is 2.41. The van der Waals surface area contributed by atoms with Crippen molar-refractivity contribution in [1.82, 2.24) is 0 Å². The van der Waals surface area contributed by atoms with Crippen LogP contribution in [0.2, 0.25) is 0 Å². The number of thioether (sulfide) groups is 2. The Hall–Kier alpha value is -2.86. The van der Waals surface area contributed by atoms with Gasteiger partial charge in [0.1, 0.15) is 54.9 Å².